The van der Waals surface area contributed by atoms with Crippen molar-refractivity contribution < 1.29 is 7.65 Å². The van der Waals surface area contributed by atoms with Crippen LogP contribution in [0.4, 0.5) is 10.5 Å². The predicted octanol–water partition coefficient (Wildman–Crippen LogP) is 4.38. The zero-order chi connectivity index (χ0) is 14.7. The number of hydrogen-bond acceptors (Lipinski definition) is 2. The molecule has 0 bridgehead atoms. The Morgan fingerprint density at radius 3 is 2.60 bits per heavy atom. The maximum Gasteiger partial charge on any atom is 0.319 e. The van der Waals surface area contributed by atoms with Crippen molar-refractivity contribution in [2.24, 2.45) is 0 Å². The minimum atomic E-state index is -0.207. The number of pyridine rings is 1. The number of aromatic nitrogens is 1. The molecule has 4 nitrogen and oxygen atoms in total. The van der Waals surface area contributed by atoms with Crippen LogP contribution in [0.2, 0.25) is 0 Å². The van der Waals surface area contributed by atoms with E-state index in [1.165, 1.54) is 5.56 Å². The van der Waals surface area contributed by atoms with E-state index in [4.69, 9.17) is 0 Å². The van der Waals surface area contributed by atoms with E-state index in [1.54, 1.807) is 6.20 Å². The summed E-state index contributed by atoms with van der Waals surface area (Å²) in [7, 11) is 0. The zero-order valence-corrected chi connectivity index (χ0v) is 12.4. The zero-order valence-electron chi connectivity index (χ0n) is 12.4. The standard InChI is InChI=1S/C16H21N3O.2H2/c1-10(2)12-5-6-15-13(7-12)8-14(9-17-15)19-16(20)18-11(3)4;;/h5-11H,1-4H3,(H2,18,19,20);2*1H. The van der Waals surface area contributed by atoms with E-state index in [2.05, 4.69) is 41.6 Å². The van der Waals surface area contributed by atoms with E-state index < -0.39 is 0 Å². The summed E-state index contributed by atoms with van der Waals surface area (Å²) in [6.45, 7) is 8.17. The molecule has 0 aliphatic rings. The van der Waals surface area contributed by atoms with E-state index in [9.17, 15) is 4.79 Å². The van der Waals surface area contributed by atoms with Crippen molar-refractivity contribution in [1.29, 1.82) is 0 Å². The van der Waals surface area contributed by atoms with Crippen molar-refractivity contribution in [3.63, 3.8) is 0 Å². The maximum absolute atomic E-state index is 11.7. The van der Waals surface area contributed by atoms with Crippen LogP contribution in [-0.2, 0) is 0 Å². The Kier molecular flexibility index (Phi) is 4.23. The molecule has 1 aromatic heterocycles. The van der Waals surface area contributed by atoms with Gasteiger partial charge in [0, 0.05) is 14.3 Å². The smallest absolute Gasteiger partial charge is 0.319 e. The normalized spacial score (nSPS) is 11.1. The van der Waals surface area contributed by atoms with Crippen LogP contribution in [0.5, 0.6) is 0 Å². The van der Waals surface area contributed by atoms with Crippen molar-refractivity contribution in [2.45, 2.75) is 39.7 Å². The number of carbonyl (C=O) groups excluding carboxylic acids is 1. The second kappa shape index (κ2) is 5.90. The van der Waals surface area contributed by atoms with Crippen LogP contribution in [0.15, 0.2) is 30.5 Å². The first-order valence-corrected chi connectivity index (χ1v) is 6.93. The molecule has 0 aliphatic carbocycles. The molecule has 0 saturated carbocycles. The lowest BCUT2D eigenvalue weighted by Gasteiger charge is -2.11. The van der Waals surface area contributed by atoms with E-state index in [-0.39, 0.29) is 14.9 Å². The fourth-order valence-electron chi connectivity index (χ4n) is 2.01. The third-order valence-corrected chi connectivity index (χ3v) is 3.05. The van der Waals surface area contributed by atoms with Crippen molar-refractivity contribution in [1.82, 2.24) is 10.3 Å². The Bertz CT molecular complexity index is 630. The van der Waals surface area contributed by atoms with E-state index >= 15 is 0 Å². The SMILES string of the molecule is CC(C)NC(=O)Nc1cnc2ccc(C(C)C)cc2c1.[HH].[HH]. The summed E-state index contributed by atoms with van der Waals surface area (Å²) in [6.07, 6.45) is 1.68. The number of nitrogens with zero attached hydrogens (tertiary/aromatic N) is 1. The van der Waals surface area contributed by atoms with Gasteiger partial charge in [-0.15, -0.1) is 0 Å². The van der Waals surface area contributed by atoms with Gasteiger partial charge in [-0.25, -0.2) is 4.79 Å². The molecule has 4 heteroatoms. The minimum Gasteiger partial charge on any atom is -0.336 e. The second-order valence-electron chi connectivity index (χ2n) is 5.58. The molecule has 2 rings (SSSR count). The van der Waals surface area contributed by atoms with E-state index in [0.29, 0.717) is 11.6 Å². The number of rotatable bonds is 3. The molecule has 0 saturated heterocycles. The van der Waals surface area contributed by atoms with Crippen LogP contribution in [0, 0.1) is 0 Å². The molecule has 0 fully saturated rings. The molecule has 2 aromatic rings. The lowest BCUT2D eigenvalue weighted by Crippen LogP contribution is -2.34. The molecule has 20 heavy (non-hydrogen) atoms. The minimum absolute atomic E-state index is 0. The molecule has 0 spiro atoms. The quantitative estimate of drug-likeness (QED) is 0.873. The summed E-state index contributed by atoms with van der Waals surface area (Å²) in [4.78, 5) is 16.1. The molecule has 1 aromatic carbocycles. The molecule has 0 aliphatic heterocycles. The summed E-state index contributed by atoms with van der Waals surface area (Å²) in [6, 6.07) is 8.09. The van der Waals surface area contributed by atoms with Gasteiger partial charge in [-0.3, -0.25) is 4.98 Å². The van der Waals surface area contributed by atoms with Crippen molar-refractivity contribution >= 4 is 22.6 Å². The lowest BCUT2D eigenvalue weighted by atomic mass is 10.0. The number of hydrogen-bond donors (Lipinski definition) is 2. The monoisotopic (exact) mass is 275 g/mol. The fraction of sp³-hybridized carbons (Fsp3) is 0.375. The summed E-state index contributed by atoms with van der Waals surface area (Å²) in [5, 5.41) is 6.63. The van der Waals surface area contributed by atoms with Crippen LogP contribution in [0.1, 0.15) is 42.0 Å². The largest absolute Gasteiger partial charge is 0.336 e. The van der Waals surface area contributed by atoms with Crippen LogP contribution in [0.3, 0.4) is 0 Å². The first-order chi connectivity index (χ1) is 9.45. The summed E-state index contributed by atoms with van der Waals surface area (Å²) >= 11 is 0. The van der Waals surface area contributed by atoms with Crippen LogP contribution in [0.25, 0.3) is 10.9 Å². The number of anilines is 1. The predicted molar refractivity (Wildman–Crippen MR) is 87.4 cm³/mol. The Morgan fingerprint density at radius 2 is 1.95 bits per heavy atom. The lowest BCUT2D eigenvalue weighted by molar-refractivity contribution is 0.250. The molecule has 0 radical (unpaired) electrons. The van der Waals surface area contributed by atoms with Gasteiger partial charge in [0.2, 0.25) is 0 Å². The first-order valence-electron chi connectivity index (χ1n) is 6.93. The van der Waals surface area contributed by atoms with Gasteiger partial charge in [0.15, 0.2) is 0 Å². The number of urea groups is 1. The second-order valence-corrected chi connectivity index (χ2v) is 5.58. The topological polar surface area (TPSA) is 54.0 Å². The van der Waals surface area contributed by atoms with Crippen molar-refractivity contribution in [3.8, 4) is 0 Å². The highest BCUT2D eigenvalue weighted by molar-refractivity contribution is 5.92. The van der Waals surface area contributed by atoms with Crippen LogP contribution in [-0.4, -0.2) is 17.1 Å². The molecule has 2 N–H and O–H groups in total. The fourth-order valence-corrected chi connectivity index (χ4v) is 2.01. The van der Waals surface area contributed by atoms with Gasteiger partial charge in [-0.2, -0.15) is 0 Å². The average Bonchev–Trinajstić information content (AvgIpc) is 2.36. The highest BCUT2D eigenvalue weighted by Crippen LogP contribution is 2.22. The molecule has 2 amide bonds. The molecule has 0 atom stereocenters. The number of amides is 2. The van der Waals surface area contributed by atoms with Gasteiger partial charge >= 0.3 is 6.03 Å². The van der Waals surface area contributed by atoms with Gasteiger partial charge in [-0.05, 0) is 43.5 Å². The Balaban J connectivity index is 0.00000220. The van der Waals surface area contributed by atoms with Crippen molar-refractivity contribution in [2.75, 3.05) is 5.32 Å². The van der Waals surface area contributed by atoms with Crippen LogP contribution < -0.4 is 10.6 Å². The molecule has 1 heterocycles. The Hall–Kier alpha value is -2.10. The first kappa shape index (κ1) is 14.3. The number of carbonyl (C=O) groups is 1. The van der Waals surface area contributed by atoms with Gasteiger partial charge in [0.1, 0.15) is 0 Å². The third-order valence-electron chi connectivity index (χ3n) is 3.05. The molecule has 0 unspecified atom stereocenters. The highest BCUT2D eigenvalue weighted by Gasteiger charge is 2.06. The number of fused-ring (bicyclic) bond motifs is 1. The summed E-state index contributed by atoms with van der Waals surface area (Å²) in [5.41, 5.74) is 2.91. The summed E-state index contributed by atoms with van der Waals surface area (Å²) in [5.74, 6) is 0.472. The third kappa shape index (κ3) is 3.47. The maximum atomic E-state index is 11.7. The van der Waals surface area contributed by atoms with E-state index in [0.717, 1.165) is 10.9 Å². The number of benzene rings is 1. The van der Waals surface area contributed by atoms with Gasteiger partial charge in [0.05, 0.1) is 17.4 Å². The number of nitrogens with one attached hydrogen (secondary N) is 2. The van der Waals surface area contributed by atoms with Gasteiger partial charge in [0.25, 0.3) is 0 Å². The highest BCUT2D eigenvalue weighted by atomic mass is 16.2. The van der Waals surface area contributed by atoms with Gasteiger partial charge in [-0.1, -0.05) is 19.9 Å². The molecular weight excluding hydrogens is 250 g/mol. The average molecular weight is 275 g/mol. The Labute approximate surface area is 122 Å². The summed E-state index contributed by atoms with van der Waals surface area (Å²) < 4.78 is 0. The molecular formula is C16H25N3O. The Morgan fingerprint density at radius 1 is 1.20 bits per heavy atom. The van der Waals surface area contributed by atoms with E-state index in [1.807, 2.05) is 26.0 Å². The van der Waals surface area contributed by atoms with Crippen molar-refractivity contribution in [3.05, 3.63) is 36.0 Å². The van der Waals surface area contributed by atoms with Crippen LogP contribution >= 0.6 is 0 Å². The molecule has 110 valence electrons. The van der Waals surface area contributed by atoms with Gasteiger partial charge < -0.3 is 10.6 Å².